The predicted octanol–water partition coefficient (Wildman–Crippen LogP) is 5.41. The number of ether oxygens (including phenoxy) is 1. The van der Waals surface area contributed by atoms with Crippen molar-refractivity contribution in [2.24, 2.45) is 17.8 Å². The monoisotopic (exact) mass is 532 g/mol. The average molecular weight is 533 g/mol. The number of nitrogens with one attached hydrogen (secondary N) is 1. The third-order valence-corrected chi connectivity index (χ3v) is 7.62. The van der Waals surface area contributed by atoms with Gasteiger partial charge >= 0.3 is 12.1 Å². The van der Waals surface area contributed by atoms with Crippen LogP contribution in [0.15, 0.2) is 48.5 Å². The van der Waals surface area contributed by atoms with Gasteiger partial charge in [-0.15, -0.1) is 0 Å². The van der Waals surface area contributed by atoms with Crippen molar-refractivity contribution in [3.05, 3.63) is 59.7 Å². The fraction of sp³-hybridized carbons (Fsp3) is 0.464. The van der Waals surface area contributed by atoms with E-state index in [-0.39, 0.29) is 11.5 Å². The van der Waals surface area contributed by atoms with E-state index in [0.29, 0.717) is 12.0 Å². The van der Waals surface area contributed by atoms with Crippen molar-refractivity contribution in [3.8, 4) is 11.5 Å². The molecule has 0 saturated carbocycles. The quantitative estimate of drug-likeness (QED) is 0.483. The molecule has 4 rings (SSSR count). The molecule has 2 N–H and O–H groups in total. The summed E-state index contributed by atoms with van der Waals surface area (Å²) in [6, 6.07) is 10.0. The average Bonchev–Trinajstić information content (AvgIpc) is 3.32. The van der Waals surface area contributed by atoms with Crippen LogP contribution in [0.3, 0.4) is 0 Å². The third-order valence-electron chi connectivity index (χ3n) is 7.62. The van der Waals surface area contributed by atoms with Gasteiger partial charge in [0.2, 0.25) is 11.8 Å². The molecule has 2 aliphatic heterocycles. The Labute approximate surface area is 219 Å². The van der Waals surface area contributed by atoms with Gasteiger partial charge in [0.1, 0.15) is 17.0 Å². The van der Waals surface area contributed by atoms with Crippen LogP contribution in [0.5, 0.6) is 11.5 Å². The van der Waals surface area contributed by atoms with Gasteiger partial charge in [-0.05, 0) is 62.6 Å². The summed E-state index contributed by atoms with van der Waals surface area (Å²) in [5, 5.41) is 13.6. The maximum absolute atomic E-state index is 13.7. The van der Waals surface area contributed by atoms with Crippen molar-refractivity contribution in [3.63, 3.8) is 0 Å². The number of likely N-dealkylation sites (tertiary alicyclic amines) is 1. The summed E-state index contributed by atoms with van der Waals surface area (Å²) in [7, 11) is 0. The van der Waals surface area contributed by atoms with Crippen molar-refractivity contribution in [2.45, 2.75) is 64.3 Å². The Morgan fingerprint density at radius 3 is 2.24 bits per heavy atom. The fourth-order valence-corrected chi connectivity index (χ4v) is 5.71. The second-order valence-electron chi connectivity index (χ2n) is 11.0. The predicted molar refractivity (Wildman–Crippen MR) is 132 cm³/mol. The molecule has 0 radical (unpaired) electrons. The van der Waals surface area contributed by atoms with Gasteiger partial charge in [0.25, 0.3) is 0 Å². The smallest absolute Gasteiger partial charge is 0.416 e. The number of carbonyl (C=O) groups is 3. The van der Waals surface area contributed by atoms with E-state index in [1.807, 2.05) is 6.92 Å². The van der Waals surface area contributed by atoms with Crippen molar-refractivity contribution >= 4 is 17.8 Å². The number of alkyl halides is 3. The lowest BCUT2D eigenvalue weighted by Crippen LogP contribution is -2.60. The first kappa shape index (κ1) is 27.6. The van der Waals surface area contributed by atoms with E-state index in [4.69, 9.17) is 4.74 Å². The molecule has 2 amide bonds. The first-order chi connectivity index (χ1) is 17.6. The van der Waals surface area contributed by atoms with Crippen LogP contribution in [0.25, 0.3) is 0 Å². The standard InChI is InChI=1S/C28H31F3N2O5/c1-6-15(2)27(25(36)37)21-20(23(34)33(24(21)35)26(3,4)5)22(32-27)16-9-7-11-18(13-16)38-19-12-8-10-17(14-19)28(29,30)31/h7-15,20-22,32H,6H2,1-5H3,(H,36,37). The Morgan fingerprint density at radius 1 is 1.08 bits per heavy atom. The molecular weight excluding hydrogens is 501 g/mol. The molecule has 2 aliphatic rings. The molecule has 2 fully saturated rings. The summed E-state index contributed by atoms with van der Waals surface area (Å²) in [6.07, 6.45) is -4.08. The highest BCUT2D eigenvalue weighted by Crippen LogP contribution is 2.53. The van der Waals surface area contributed by atoms with E-state index in [1.54, 1.807) is 52.0 Å². The molecule has 0 aliphatic carbocycles. The molecule has 204 valence electrons. The molecule has 2 heterocycles. The summed E-state index contributed by atoms with van der Waals surface area (Å²) in [6.45, 7) is 8.74. The van der Waals surface area contributed by atoms with Gasteiger partial charge in [0.15, 0.2) is 0 Å². The Balaban J connectivity index is 1.77. The zero-order valence-corrected chi connectivity index (χ0v) is 21.8. The minimum Gasteiger partial charge on any atom is -0.480 e. The van der Waals surface area contributed by atoms with Crippen LogP contribution >= 0.6 is 0 Å². The van der Waals surface area contributed by atoms with E-state index in [9.17, 15) is 32.7 Å². The lowest BCUT2D eigenvalue weighted by molar-refractivity contribution is -0.156. The minimum atomic E-state index is -4.53. The number of nitrogens with zero attached hydrogens (tertiary/aromatic N) is 1. The summed E-state index contributed by atoms with van der Waals surface area (Å²) in [4.78, 5) is 41.3. The SMILES string of the molecule is CCC(C)C1(C(=O)O)NC(c2cccc(Oc3cccc(C(F)(F)F)c3)c2)C2C(=O)N(C(C)(C)C)C(=O)C21. The molecule has 10 heteroatoms. The molecule has 2 aromatic rings. The normalized spacial score (nSPS) is 26.4. The van der Waals surface area contributed by atoms with Crippen molar-refractivity contribution < 1.29 is 37.4 Å². The van der Waals surface area contributed by atoms with Gasteiger partial charge in [-0.2, -0.15) is 13.2 Å². The molecule has 5 atom stereocenters. The largest absolute Gasteiger partial charge is 0.480 e. The number of carbonyl (C=O) groups excluding carboxylic acids is 2. The topological polar surface area (TPSA) is 95.9 Å². The zero-order chi connectivity index (χ0) is 28.2. The first-order valence-corrected chi connectivity index (χ1v) is 12.5. The third kappa shape index (κ3) is 4.44. The summed E-state index contributed by atoms with van der Waals surface area (Å²) < 4.78 is 45.1. The number of carboxylic acid groups (broad SMARTS) is 1. The summed E-state index contributed by atoms with van der Waals surface area (Å²) in [5.41, 5.74) is -2.90. The second-order valence-corrected chi connectivity index (χ2v) is 11.0. The zero-order valence-electron chi connectivity index (χ0n) is 21.8. The Morgan fingerprint density at radius 2 is 1.68 bits per heavy atom. The molecule has 0 bridgehead atoms. The maximum Gasteiger partial charge on any atom is 0.416 e. The number of benzene rings is 2. The highest BCUT2D eigenvalue weighted by Gasteiger charge is 2.70. The lowest BCUT2D eigenvalue weighted by atomic mass is 9.72. The van der Waals surface area contributed by atoms with E-state index >= 15 is 0 Å². The molecule has 5 unspecified atom stereocenters. The van der Waals surface area contributed by atoms with Gasteiger partial charge in [0, 0.05) is 11.6 Å². The van der Waals surface area contributed by atoms with Crippen LogP contribution in [0.1, 0.15) is 58.2 Å². The van der Waals surface area contributed by atoms with Crippen LogP contribution in [0.2, 0.25) is 0 Å². The molecule has 2 saturated heterocycles. The number of fused-ring (bicyclic) bond motifs is 1. The highest BCUT2D eigenvalue weighted by molar-refractivity contribution is 6.10. The van der Waals surface area contributed by atoms with Crippen LogP contribution in [-0.2, 0) is 20.6 Å². The molecule has 0 spiro atoms. The second kappa shape index (κ2) is 9.41. The number of aliphatic carboxylic acids is 1. The van der Waals surface area contributed by atoms with Crippen LogP contribution in [-0.4, -0.2) is 38.9 Å². The number of hydrogen-bond donors (Lipinski definition) is 2. The molecule has 2 aromatic carbocycles. The van der Waals surface area contributed by atoms with Crippen molar-refractivity contribution in [2.75, 3.05) is 0 Å². The number of rotatable bonds is 6. The maximum atomic E-state index is 13.7. The number of halogens is 3. The van der Waals surface area contributed by atoms with Crippen LogP contribution < -0.4 is 10.1 Å². The highest BCUT2D eigenvalue weighted by atomic mass is 19.4. The summed E-state index contributed by atoms with van der Waals surface area (Å²) >= 11 is 0. The van der Waals surface area contributed by atoms with E-state index in [2.05, 4.69) is 5.32 Å². The molecular formula is C28H31F3N2O5. The van der Waals surface area contributed by atoms with Crippen LogP contribution in [0.4, 0.5) is 13.2 Å². The Kier molecular flexibility index (Phi) is 6.84. The fourth-order valence-electron chi connectivity index (χ4n) is 5.71. The van der Waals surface area contributed by atoms with Gasteiger partial charge in [-0.3, -0.25) is 24.6 Å². The Bertz CT molecular complexity index is 1270. The number of hydrogen-bond acceptors (Lipinski definition) is 5. The lowest BCUT2D eigenvalue weighted by Gasteiger charge is -2.38. The van der Waals surface area contributed by atoms with Gasteiger partial charge < -0.3 is 9.84 Å². The van der Waals surface area contributed by atoms with Gasteiger partial charge in [0.05, 0.1) is 17.4 Å². The van der Waals surface area contributed by atoms with Gasteiger partial charge in [-0.1, -0.05) is 38.5 Å². The van der Waals surface area contributed by atoms with Crippen LogP contribution in [0, 0.1) is 17.8 Å². The Hall–Kier alpha value is -3.40. The molecule has 38 heavy (non-hydrogen) atoms. The molecule has 0 aromatic heterocycles. The first-order valence-electron chi connectivity index (χ1n) is 12.5. The minimum absolute atomic E-state index is 0.0280. The van der Waals surface area contributed by atoms with Gasteiger partial charge in [-0.25, -0.2) is 0 Å². The van der Waals surface area contributed by atoms with Crippen molar-refractivity contribution in [1.82, 2.24) is 10.2 Å². The number of imide groups is 1. The van der Waals surface area contributed by atoms with E-state index in [0.717, 1.165) is 12.1 Å². The molecule has 7 nitrogen and oxygen atoms in total. The number of carboxylic acids is 1. The van der Waals surface area contributed by atoms with Crippen molar-refractivity contribution in [1.29, 1.82) is 0 Å². The van der Waals surface area contributed by atoms with E-state index < -0.39 is 64.4 Å². The summed E-state index contributed by atoms with van der Waals surface area (Å²) in [5.74, 6) is -4.60. The number of amides is 2. The van der Waals surface area contributed by atoms with E-state index in [1.165, 1.54) is 17.0 Å².